The molecule has 0 amide bonds. The van der Waals surface area contributed by atoms with E-state index in [0.29, 0.717) is 0 Å². The molecule has 0 aromatic carbocycles. The van der Waals surface area contributed by atoms with Crippen LogP contribution in [-0.4, -0.2) is 61.7 Å². The number of rotatable bonds is 5. The van der Waals surface area contributed by atoms with Crippen molar-refractivity contribution in [1.29, 1.82) is 0 Å². The first kappa shape index (κ1) is 12.3. The number of hydrogen-bond acceptors (Lipinski definition) is 6. The normalized spacial score (nSPS) is 20.4. The van der Waals surface area contributed by atoms with Crippen molar-refractivity contribution >= 4 is 0 Å². The minimum Gasteiger partial charge on any atom is -0.510 e. The maximum atomic E-state index is 9.07. The van der Waals surface area contributed by atoms with Crippen LogP contribution in [0.15, 0.2) is 12.3 Å². The van der Waals surface area contributed by atoms with E-state index in [9.17, 15) is 0 Å². The molecule has 0 radical (unpaired) electrons. The Hall–Kier alpha value is -0.660. The Morgan fingerprint density at radius 3 is 1.85 bits per heavy atom. The number of aliphatic hydroxyl groups excluding tert-OH is 6. The molecule has 0 unspecified atom stereocenters. The van der Waals surface area contributed by atoms with E-state index < -0.39 is 36.8 Å². The highest BCUT2D eigenvalue weighted by molar-refractivity contribution is 4.96. The Balaban J connectivity index is 4.24. The van der Waals surface area contributed by atoms with Crippen LogP contribution in [0.3, 0.4) is 0 Å². The van der Waals surface area contributed by atoms with E-state index in [1.54, 1.807) is 0 Å². The monoisotopic (exact) mass is 194 g/mol. The van der Waals surface area contributed by atoms with Gasteiger partial charge in [0, 0.05) is 0 Å². The van der Waals surface area contributed by atoms with Crippen LogP contribution in [0.25, 0.3) is 0 Å². The van der Waals surface area contributed by atoms with Gasteiger partial charge < -0.3 is 30.6 Å². The Bertz CT molecular complexity index is 170. The third-order valence-corrected chi connectivity index (χ3v) is 1.60. The molecule has 0 saturated heterocycles. The summed E-state index contributed by atoms with van der Waals surface area (Å²) >= 11 is 0. The summed E-state index contributed by atoms with van der Waals surface area (Å²) in [4.78, 5) is 0. The van der Waals surface area contributed by atoms with E-state index in [1.807, 2.05) is 0 Å². The van der Waals surface area contributed by atoms with Gasteiger partial charge in [-0.1, -0.05) is 6.58 Å². The Morgan fingerprint density at radius 1 is 1.08 bits per heavy atom. The number of hydrogen-bond donors (Lipinski definition) is 6. The highest BCUT2D eigenvalue weighted by atomic mass is 16.4. The predicted octanol–water partition coefficient (Wildman–Crippen LogP) is -2.51. The van der Waals surface area contributed by atoms with Crippen LogP contribution in [0, 0.1) is 0 Å². The maximum Gasteiger partial charge on any atom is 0.139 e. The fourth-order valence-electron chi connectivity index (χ4n) is 0.719. The third kappa shape index (κ3) is 3.29. The van der Waals surface area contributed by atoms with Crippen molar-refractivity contribution in [1.82, 2.24) is 0 Å². The average molecular weight is 194 g/mol. The summed E-state index contributed by atoms with van der Waals surface area (Å²) in [5.41, 5.74) is 0. The Morgan fingerprint density at radius 2 is 1.54 bits per heavy atom. The van der Waals surface area contributed by atoms with Crippen molar-refractivity contribution in [2.75, 3.05) is 6.61 Å². The molecule has 0 rings (SSSR count). The minimum absolute atomic E-state index is 0.725. The maximum absolute atomic E-state index is 9.07. The van der Waals surface area contributed by atoms with E-state index in [2.05, 4.69) is 6.58 Å². The molecule has 0 spiro atoms. The van der Waals surface area contributed by atoms with Crippen LogP contribution >= 0.6 is 0 Å². The zero-order valence-electron chi connectivity index (χ0n) is 6.91. The van der Waals surface area contributed by atoms with E-state index in [4.69, 9.17) is 30.6 Å². The molecule has 0 aromatic rings. The Kier molecular flexibility index (Phi) is 4.89. The molecule has 78 valence electrons. The summed E-state index contributed by atoms with van der Waals surface area (Å²) in [7, 11) is 0. The van der Waals surface area contributed by atoms with Gasteiger partial charge in [-0.05, 0) is 0 Å². The summed E-state index contributed by atoms with van der Waals surface area (Å²) in [5, 5.41) is 52.9. The molecule has 6 nitrogen and oxygen atoms in total. The van der Waals surface area contributed by atoms with Gasteiger partial charge in [0.1, 0.15) is 30.2 Å². The highest BCUT2D eigenvalue weighted by Gasteiger charge is 2.31. The van der Waals surface area contributed by atoms with E-state index in [0.717, 1.165) is 0 Å². The first-order chi connectivity index (χ1) is 5.91. The summed E-state index contributed by atoms with van der Waals surface area (Å²) in [6.45, 7) is 2.17. The second kappa shape index (κ2) is 5.15. The van der Waals surface area contributed by atoms with Crippen molar-refractivity contribution in [2.24, 2.45) is 0 Å². The van der Waals surface area contributed by atoms with Gasteiger partial charge in [-0.25, -0.2) is 0 Å². The molecular formula is C7H14O6. The molecule has 4 atom stereocenters. The molecule has 6 N–H and O–H groups in total. The van der Waals surface area contributed by atoms with Gasteiger partial charge in [-0.3, -0.25) is 0 Å². The SMILES string of the molecule is C=C(O)[C@H](O)[C@@H](O)[C@@H](O)[C@H](O)CO. The second-order valence-electron chi connectivity index (χ2n) is 2.67. The molecule has 0 aliphatic rings. The minimum atomic E-state index is -1.79. The molecule has 13 heavy (non-hydrogen) atoms. The van der Waals surface area contributed by atoms with Crippen LogP contribution in [0.1, 0.15) is 0 Å². The molecular weight excluding hydrogens is 180 g/mol. The zero-order chi connectivity index (χ0) is 10.6. The van der Waals surface area contributed by atoms with Crippen molar-refractivity contribution in [3.8, 4) is 0 Å². The van der Waals surface area contributed by atoms with Crippen LogP contribution in [0.4, 0.5) is 0 Å². The molecule has 0 aliphatic heterocycles. The largest absolute Gasteiger partial charge is 0.510 e. The molecule has 0 aromatic heterocycles. The summed E-state index contributed by atoms with van der Waals surface area (Å²) in [6, 6.07) is 0. The lowest BCUT2D eigenvalue weighted by Gasteiger charge is -2.24. The zero-order valence-corrected chi connectivity index (χ0v) is 6.91. The van der Waals surface area contributed by atoms with E-state index in [1.165, 1.54) is 0 Å². The summed E-state index contributed by atoms with van der Waals surface area (Å²) in [6.07, 6.45) is -6.87. The van der Waals surface area contributed by atoms with Crippen LogP contribution < -0.4 is 0 Å². The van der Waals surface area contributed by atoms with Gasteiger partial charge in [0.05, 0.1) is 6.61 Å². The topological polar surface area (TPSA) is 121 Å². The summed E-state index contributed by atoms with van der Waals surface area (Å²) in [5.74, 6) is -0.725. The van der Waals surface area contributed by atoms with Crippen molar-refractivity contribution in [3.05, 3.63) is 12.3 Å². The first-order valence-corrected chi connectivity index (χ1v) is 3.62. The van der Waals surface area contributed by atoms with Gasteiger partial charge in [0.15, 0.2) is 0 Å². The molecule has 0 heterocycles. The molecule has 0 aliphatic carbocycles. The molecule has 0 fully saturated rings. The van der Waals surface area contributed by atoms with Gasteiger partial charge in [-0.15, -0.1) is 0 Å². The molecule has 0 saturated carbocycles. The number of aliphatic hydroxyl groups is 6. The van der Waals surface area contributed by atoms with Crippen LogP contribution in [-0.2, 0) is 0 Å². The van der Waals surface area contributed by atoms with Crippen LogP contribution in [0.2, 0.25) is 0 Å². The quantitative estimate of drug-likeness (QED) is 0.269. The molecule has 6 heteroatoms. The van der Waals surface area contributed by atoms with Gasteiger partial charge >= 0.3 is 0 Å². The standard InChI is InChI=1S/C7H14O6/c1-3(9)5(11)7(13)6(12)4(10)2-8/h4-13H,1-2H2/t4-,5+,6+,7-/m1/s1. The lowest BCUT2D eigenvalue weighted by molar-refractivity contribution is -0.112. The van der Waals surface area contributed by atoms with Crippen molar-refractivity contribution in [2.45, 2.75) is 24.4 Å². The van der Waals surface area contributed by atoms with Gasteiger partial charge in [0.25, 0.3) is 0 Å². The lowest BCUT2D eigenvalue weighted by Crippen LogP contribution is -2.46. The Labute approximate surface area is 75.0 Å². The van der Waals surface area contributed by atoms with Crippen LogP contribution in [0.5, 0.6) is 0 Å². The lowest BCUT2D eigenvalue weighted by atomic mass is 10.0. The third-order valence-electron chi connectivity index (χ3n) is 1.60. The first-order valence-electron chi connectivity index (χ1n) is 3.62. The van der Waals surface area contributed by atoms with Gasteiger partial charge in [-0.2, -0.15) is 0 Å². The van der Waals surface area contributed by atoms with Crippen molar-refractivity contribution < 1.29 is 30.6 Å². The fraction of sp³-hybridized carbons (Fsp3) is 0.714. The average Bonchev–Trinajstić information content (AvgIpc) is 2.12. The predicted molar refractivity (Wildman–Crippen MR) is 42.9 cm³/mol. The highest BCUT2D eigenvalue weighted by Crippen LogP contribution is 2.08. The molecule has 0 bridgehead atoms. The smallest absolute Gasteiger partial charge is 0.139 e. The van der Waals surface area contributed by atoms with Crippen molar-refractivity contribution in [3.63, 3.8) is 0 Å². The fourth-order valence-corrected chi connectivity index (χ4v) is 0.719. The second-order valence-corrected chi connectivity index (χ2v) is 2.67. The summed E-state index contributed by atoms with van der Waals surface area (Å²) < 4.78 is 0. The van der Waals surface area contributed by atoms with Gasteiger partial charge in [0.2, 0.25) is 0 Å². The van der Waals surface area contributed by atoms with E-state index >= 15 is 0 Å². The van der Waals surface area contributed by atoms with E-state index in [-0.39, 0.29) is 0 Å².